The van der Waals surface area contributed by atoms with E-state index in [4.69, 9.17) is 0 Å². The van der Waals surface area contributed by atoms with Gasteiger partial charge in [0.2, 0.25) is 0 Å². The van der Waals surface area contributed by atoms with E-state index in [-0.39, 0.29) is 5.91 Å². The van der Waals surface area contributed by atoms with E-state index in [1.807, 2.05) is 37.1 Å². The zero-order chi connectivity index (χ0) is 14.0. The molecule has 0 spiro atoms. The maximum absolute atomic E-state index is 12.6. The summed E-state index contributed by atoms with van der Waals surface area (Å²) in [5, 5.41) is 0. The van der Waals surface area contributed by atoms with Gasteiger partial charge in [0, 0.05) is 16.7 Å². The number of hydrogen-bond acceptors (Lipinski definition) is 2. The fourth-order valence-electron chi connectivity index (χ4n) is 2.55. The molecule has 2 rings (SSSR count). The number of benzene rings is 1. The zero-order valence-corrected chi connectivity index (χ0v) is 14.0. The Morgan fingerprint density at radius 2 is 2.00 bits per heavy atom. The normalized spacial score (nSPS) is 17.5. The summed E-state index contributed by atoms with van der Waals surface area (Å²) in [5.74, 6) is 0.155. The van der Waals surface area contributed by atoms with Crippen LogP contribution in [-0.2, 0) is 0 Å². The first-order valence-electron chi connectivity index (χ1n) is 6.71. The summed E-state index contributed by atoms with van der Waals surface area (Å²) in [4.78, 5) is 16.9. The summed E-state index contributed by atoms with van der Waals surface area (Å²) >= 11 is 2.27. The molecule has 0 radical (unpaired) electrons. The second-order valence-electron chi connectivity index (χ2n) is 5.39. The van der Waals surface area contributed by atoms with Crippen LogP contribution >= 0.6 is 22.6 Å². The van der Waals surface area contributed by atoms with E-state index in [0.717, 1.165) is 35.1 Å². The zero-order valence-electron chi connectivity index (χ0n) is 11.8. The predicted molar refractivity (Wildman–Crippen MR) is 86.5 cm³/mol. The van der Waals surface area contributed by atoms with Crippen molar-refractivity contribution in [2.75, 3.05) is 27.2 Å². The van der Waals surface area contributed by atoms with Crippen LogP contribution in [0.3, 0.4) is 0 Å². The average Bonchev–Trinajstić information content (AvgIpc) is 2.41. The van der Waals surface area contributed by atoms with Gasteiger partial charge in [-0.1, -0.05) is 12.1 Å². The topological polar surface area (TPSA) is 23.6 Å². The third-order valence-corrected chi connectivity index (χ3v) is 5.41. The van der Waals surface area contributed by atoms with Crippen LogP contribution in [0.1, 0.15) is 28.8 Å². The largest absolute Gasteiger partial charge is 0.339 e. The van der Waals surface area contributed by atoms with Gasteiger partial charge in [-0.2, -0.15) is 0 Å². The lowest BCUT2D eigenvalue weighted by Gasteiger charge is -2.35. The highest BCUT2D eigenvalue weighted by Gasteiger charge is 2.25. The van der Waals surface area contributed by atoms with E-state index in [1.165, 1.54) is 5.56 Å². The Bertz CT molecular complexity index is 467. The molecule has 19 heavy (non-hydrogen) atoms. The van der Waals surface area contributed by atoms with E-state index in [2.05, 4.69) is 34.5 Å². The van der Waals surface area contributed by atoms with Gasteiger partial charge in [0.15, 0.2) is 0 Å². The Balaban J connectivity index is 2.13. The van der Waals surface area contributed by atoms with Gasteiger partial charge in [0.1, 0.15) is 0 Å². The van der Waals surface area contributed by atoms with Gasteiger partial charge in [-0.3, -0.25) is 4.79 Å². The van der Waals surface area contributed by atoms with Gasteiger partial charge in [0.05, 0.1) is 5.56 Å². The second-order valence-corrected chi connectivity index (χ2v) is 6.47. The van der Waals surface area contributed by atoms with Crippen molar-refractivity contribution >= 4 is 28.5 Å². The van der Waals surface area contributed by atoms with Crippen LogP contribution in [0.25, 0.3) is 0 Å². The molecule has 1 saturated heterocycles. The SMILES string of the molecule is Cc1cccc(C(=O)N(C)C2CCN(C)CC2)c1I. The predicted octanol–water partition coefficient (Wildman–Crippen LogP) is 2.77. The first-order chi connectivity index (χ1) is 9.00. The first kappa shape index (κ1) is 14.8. The molecule has 1 aliphatic heterocycles. The van der Waals surface area contributed by atoms with Crippen molar-refractivity contribution in [1.29, 1.82) is 0 Å². The maximum Gasteiger partial charge on any atom is 0.254 e. The van der Waals surface area contributed by atoms with Gasteiger partial charge in [-0.05, 0) is 74.1 Å². The minimum Gasteiger partial charge on any atom is -0.339 e. The van der Waals surface area contributed by atoms with E-state index < -0.39 is 0 Å². The van der Waals surface area contributed by atoms with E-state index in [9.17, 15) is 4.79 Å². The lowest BCUT2D eigenvalue weighted by atomic mass is 10.0. The Morgan fingerprint density at radius 3 is 2.63 bits per heavy atom. The average molecular weight is 372 g/mol. The fourth-order valence-corrected chi connectivity index (χ4v) is 3.14. The van der Waals surface area contributed by atoms with E-state index in [0.29, 0.717) is 6.04 Å². The van der Waals surface area contributed by atoms with Crippen LogP contribution in [-0.4, -0.2) is 48.9 Å². The smallest absolute Gasteiger partial charge is 0.254 e. The highest BCUT2D eigenvalue weighted by Crippen LogP contribution is 2.21. The Morgan fingerprint density at radius 1 is 1.37 bits per heavy atom. The summed E-state index contributed by atoms with van der Waals surface area (Å²) in [7, 11) is 4.08. The third-order valence-electron chi connectivity index (χ3n) is 3.98. The summed E-state index contributed by atoms with van der Waals surface area (Å²) in [6, 6.07) is 6.32. The van der Waals surface area contributed by atoms with Crippen LogP contribution in [0.15, 0.2) is 18.2 Å². The van der Waals surface area contributed by atoms with Gasteiger partial charge in [-0.15, -0.1) is 0 Å². The highest BCUT2D eigenvalue weighted by atomic mass is 127. The Labute approximate surface area is 129 Å². The maximum atomic E-state index is 12.6. The molecular formula is C15H21IN2O. The molecule has 0 aliphatic carbocycles. The molecule has 1 aliphatic rings. The number of carbonyl (C=O) groups is 1. The lowest BCUT2D eigenvalue weighted by molar-refractivity contribution is 0.0658. The van der Waals surface area contributed by atoms with Crippen LogP contribution in [0.5, 0.6) is 0 Å². The fraction of sp³-hybridized carbons (Fsp3) is 0.533. The molecule has 104 valence electrons. The van der Waals surface area contributed by atoms with Crippen molar-refractivity contribution in [2.24, 2.45) is 0 Å². The molecule has 4 heteroatoms. The number of amides is 1. The minimum absolute atomic E-state index is 0.155. The lowest BCUT2D eigenvalue weighted by Crippen LogP contribution is -2.44. The molecule has 1 aromatic rings. The standard InChI is InChI=1S/C15H21IN2O/c1-11-5-4-6-13(14(11)16)15(19)18(3)12-7-9-17(2)10-8-12/h4-6,12H,7-10H2,1-3H3. The van der Waals surface area contributed by atoms with Crippen LogP contribution < -0.4 is 0 Å². The molecule has 0 atom stereocenters. The van der Waals surface area contributed by atoms with Crippen molar-refractivity contribution in [3.05, 3.63) is 32.9 Å². The van der Waals surface area contributed by atoms with Crippen molar-refractivity contribution in [3.63, 3.8) is 0 Å². The van der Waals surface area contributed by atoms with Crippen molar-refractivity contribution in [3.8, 4) is 0 Å². The van der Waals surface area contributed by atoms with Crippen molar-refractivity contribution in [1.82, 2.24) is 9.80 Å². The number of halogens is 1. The summed E-state index contributed by atoms with van der Waals surface area (Å²) in [5.41, 5.74) is 2.00. The number of hydrogen-bond donors (Lipinski definition) is 0. The number of likely N-dealkylation sites (tertiary alicyclic amines) is 1. The van der Waals surface area contributed by atoms with Gasteiger partial charge in [0.25, 0.3) is 5.91 Å². The number of carbonyl (C=O) groups excluding carboxylic acids is 1. The molecule has 1 heterocycles. The molecular weight excluding hydrogens is 351 g/mol. The van der Waals surface area contributed by atoms with Crippen molar-refractivity contribution in [2.45, 2.75) is 25.8 Å². The minimum atomic E-state index is 0.155. The third kappa shape index (κ3) is 3.28. The number of rotatable bonds is 2. The number of nitrogens with zero attached hydrogens (tertiary/aromatic N) is 2. The molecule has 1 amide bonds. The van der Waals surface area contributed by atoms with Crippen LogP contribution in [0.4, 0.5) is 0 Å². The molecule has 0 bridgehead atoms. The molecule has 0 saturated carbocycles. The molecule has 0 unspecified atom stereocenters. The quantitative estimate of drug-likeness (QED) is 0.746. The Hall–Kier alpha value is -0.620. The van der Waals surface area contributed by atoms with Gasteiger partial charge < -0.3 is 9.80 Å². The second kappa shape index (κ2) is 6.22. The molecule has 0 aromatic heterocycles. The highest BCUT2D eigenvalue weighted by molar-refractivity contribution is 14.1. The summed E-state index contributed by atoms with van der Waals surface area (Å²) in [6.45, 7) is 4.20. The van der Waals surface area contributed by atoms with Crippen LogP contribution in [0.2, 0.25) is 0 Å². The first-order valence-corrected chi connectivity index (χ1v) is 7.79. The molecule has 0 N–H and O–H groups in total. The summed E-state index contributed by atoms with van der Waals surface area (Å²) in [6.07, 6.45) is 2.14. The van der Waals surface area contributed by atoms with Crippen LogP contribution in [0, 0.1) is 10.5 Å². The monoisotopic (exact) mass is 372 g/mol. The van der Waals surface area contributed by atoms with Gasteiger partial charge >= 0.3 is 0 Å². The molecule has 1 aromatic carbocycles. The summed E-state index contributed by atoms with van der Waals surface area (Å²) < 4.78 is 1.07. The van der Waals surface area contributed by atoms with Crippen molar-refractivity contribution < 1.29 is 4.79 Å². The molecule has 1 fully saturated rings. The Kier molecular flexibility index (Phi) is 4.84. The van der Waals surface area contributed by atoms with Gasteiger partial charge in [-0.25, -0.2) is 0 Å². The number of aryl methyl sites for hydroxylation is 1. The molecule has 3 nitrogen and oxygen atoms in total. The number of piperidine rings is 1. The van der Waals surface area contributed by atoms with E-state index >= 15 is 0 Å². The van der Waals surface area contributed by atoms with E-state index in [1.54, 1.807) is 0 Å².